The first-order valence-corrected chi connectivity index (χ1v) is 15.9. The molecule has 5 rings (SSSR count). The van der Waals surface area contributed by atoms with E-state index in [1.807, 2.05) is 20.8 Å². The second-order valence-electron chi connectivity index (χ2n) is 14.5. The summed E-state index contributed by atoms with van der Waals surface area (Å²) in [5.74, 6) is 0.331. The summed E-state index contributed by atoms with van der Waals surface area (Å²) in [6.45, 7) is 18.0. The summed E-state index contributed by atoms with van der Waals surface area (Å²) in [7, 11) is 0. The zero-order valence-electron chi connectivity index (χ0n) is 27.5. The van der Waals surface area contributed by atoms with Crippen molar-refractivity contribution < 1.29 is 32.9 Å². The van der Waals surface area contributed by atoms with Gasteiger partial charge in [0.2, 0.25) is 0 Å². The number of piperazine rings is 1. The van der Waals surface area contributed by atoms with Crippen LogP contribution in [0.3, 0.4) is 0 Å². The van der Waals surface area contributed by atoms with Crippen LogP contribution in [-0.4, -0.2) is 82.6 Å². The van der Waals surface area contributed by atoms with Gasteiger partial charge in [-0.1, -0.05) is 17.7 Å². The highest BCUT2D eigenvalue weighted by Crippen LogP contribution is 2.48. The maximum absolute atomic E-state index is 15.7. The Hall–Kier alpha value is -3.31. The van der Waals surface area contributed by atoms with Crippen molar-refractivity contribution in [1.82, 2.24) is 14.8 Å². The van der Waals surface area contributed by atoms with Crippen LogP contribution < -0.4 is 14.4 Å². The quantitative estimate of drug-likeness (QED) is 0.257. The summed E-state index contributed by atoms with van der Waals surface area (Å²) < 4.78 is 38.7. The van der Waals surface area contributed by atoms with E-state index in [1.54, 1.807) is 25.7 Å². The molecule has 2 aromatic rings. The Bertz CT molecular complexity index is 1470. The van der Waals surface area contributed by atoms with Crippen LogP contribution in [0.25, 0.3) is 11.3 Å². The maximum atomic E-state index is 15.7. The summed E-state index contributed by atoms with van der Waals surface area (Å²) in [6.07, 6.45) is 0.587. The largest absolute Gasteiger partial charge is 0.514 e. The summed E-state index contributed by atoms with van der Waals surface area (Å²) >= 11 is 7.07. The molecule has 3 aliphatic rings. The predicted octanol–water partition coefficient (Wildman–Crippen LogP) is 7.05. The molecule has 3 aliphatic heterocycles. The highest BCUT2D eigenvalue weighted by molar-refractivity contribution is 6.35. The highest BCUT2D eigenvalue weighted by atomic mass is 35.5. The van der Waals surface area contributed by atoms with Gasteiger partial charge in [-0.25, -0.2) is 19.0 Å². The second-order valence-corrected chi connectivity index (χ2v) is 14.9. The van der Waals surface area contributed by atoms with Crippen molar-refractivity contribution >= 4 is 29.7 Å². The van der Waals surface area contributed by atoms with E-state index in [1.165, 1.54) is 18.2 Å². The van der Waals surface area contributed by atoms with Crippen LogP contribution in [0.15, 0.2) is 18.2 Å². The minimum atomic E-state index is -0.969. The Labute approximate surface area is 269 Å². The van der Waals surface area contributed by atoms with Crippen molar-refractivity contribution in [3.8, 4) is 22.8 Å². The number of hydrogen-bond donors (Lipinski definition) is 0. The smallest absolute Gasteiger partial charge is 0.490 e. The SMILES string of the molecule is CC(C)(C)OC(=O)Oc1cccc(F)c1-c1nc(N2CCCC2(C)C)c2c(c1Cl)OCC1CN(C(=O)OC(C)(C)C)CCN1C2. The molecule has 1 atom stereocenters. The van der Waals surface area contributed by atoms with Crippen LogP contribution in [0.4, 0.5) is 19.8 Å². The lowest BCUT2D eigenvalue weighted by Crippen LogP contribution is -2.56. The van der Waals surface area contributed by atoms with Crippen LogP contribution >= 0.6 is 11.6 Å². The van der Waals surface area contributed by atoms with Gasteiger partial charge in [-0.3, -0.25) is 4.90 Å². The predicted molar refractivity (Wildman–Crippen MR) is 170 cm³/mol. The van der Waals surface area contributed by atoms with Gasteiger partial charge in [0.05, 0.1) is 17.2 Å². The summed E-state index contributed by atoms with van der Waals surface area (Å²) in [5, 5.41) is 0.119. The minimum Gasteiger partial charge on any atom is -0.490 e. The summed E-state index contributed by atoms with van der Waals surface area (Å²) in [4.78, 5) is 36.8. The van der Waals surface area contributed by atoms with E-state index < -0.39 is 23.2 Å². The first-order chi connectivity index (χ1) is 20.9. The van der Waals surface area contributed by atoms with Crippen molar-refractivity contribution in [2.75, 3.05) is 37.7 Å². The number of nitrogens with zero attached hydrogens (tertiary/aromatic N) is 4. The zero-order valence-corrected chi connectivity index (χ0v) is 28.2. The third kappa shape index (κ3) is 7.25. The van der Waals surface area contributed by atoms with Gasteiger partial charge in [-0.05, 0) is 80.4 Å². The van der Waals surface area contributed by atoms with E-state index in [4.69, 9.17) is 35.5 Å². The number of pyridine rings is 1. The maximum Gasteiger partial charge on any atom is 0.514 e. The van der Waals surface area contributed by atoms with E-state index in [9.17, 15) is 9.59 Å². The molecule has 12 heteroatoms. The number of benzene rings is 1. The number of carbonyl (C=O) groups is 2. The number of halogens is 2. The van der Waals surface area contributed by atoms with E-state index in [-0.39, 0.29) is 46.3 Å². The highest BCUT2D eigenvalue weighted by Gasteiger charge is 2.41. The lowest BCUT2D eigenvalue weighted by Gasteiger charge is -2.40. The number of rotatable bonds is 3. The van der Waals surface area contributed by atoms with E-state index in [0.717, 1.165) is 24.9 Å². The van der Waals surface area contributed by atoms with Crippen LogP contribution in [0.2, 0.25) is 5.02 Å². The number of fused-ring (bicyclic) bond motifs is 2. The van der Waals surface area contributed by atoms with Crippen molar-refractivity contribution in [3.05, 3.63) is 34.6 Å². The van der Waals surface area contributed by atoms with Crippen molar-refractivity contribution in [2.24, 2.45) is 0 Å². The van der Waals surface area contributed by atoms with Crippen molar-refractivity contribution in [2.45, 2.75) is 97.6 Å². The molecule has 0 spiro atoms. The van der Waals surface area contributed by atoms with E-state index in [0.29, 0.717) is 37.7 Å². The fourth-order valence-corrected chi connectivity index (χ4v) is 6.37. The first kappa shape index (κ1) is 33.1. The van der Waals surface area contributed by atoms with Crippen LogP contribution in [0.5, 0.6) is 11.5 Å². The second kappa shape index (κ2) is 12.1. The molecule has 0 bridgehead atoms. The minimum absolute atomic E-state index is 0.0592. The molecular weight excluding hydrogens is 603 g/mol. The zero-order chi connectivity index (χ0) is 32.9. The molecule has 0 aliphatic carbocycles. The number of hydrogen-bond acceptors (Lipinski definition) is 9. The molecule has 1 unspecified atom stereocenters. The van der Waals surface area contributed by atoms with E-state index in [2.05, 4.69) is 23.6 Å². The van der Waals surface area contributed by atoms with E-state index >= 15 is 4.39 Å². The molecule has 246 valence electrons. The third-order valence-electron chi connectivity index (χ3n) is 8.16. The molecule has 1 amide bonds. The van der Waals surface area contributed by atoms with Crippen molar-refractivity contribution in [1.29, 1.82) is 0 Å². The summed E-state index contributed by atoms with van der Waals surface area (Å²) in [6, 6.07) is 4.08. The van der Waals surface area contributed by atoms with Gasteiger partial charge in [-0.2, -0.15) is 0 Å². The van der Waals surface area contributed by atoms with Crippen LogP contribution in [-0.2, 0) is 16.0 Å². The Morgan fingerprint density at radius 3 is 2.42 bits per heavy atom. The van der Waals surface area contributed by atoms with Gasteiger partial charge in [0, 0.05) is 38.3 Å². The van der Waals surface area contributed by atoms with Gasteiger partial charge >= 0.3 is 12.2 Å². The average molecular weight is 647 g/mol. The number of aromatic nitrogens is 1. The van der Waals surface area contributed by atoms with Gasteiger partial charge in [-0.15, -0.1) is 0 Å². The fraction of sp³-hybridized carbons (Fsp3) is 0.606. The molecule has 1 aromatic heterocycles. The van der Waals surface area contributed by atoms with Crippen LogP contribution in [0, 0.1) is 5.82 Å². The number of carbonyl (C=O) groups excluding carboxylic acids is 2. The Morgan fingerprint density at radius 2 is 1.78 bits per heavy atom. The molecule has 2 fully saturated rings. The normalized spacial score (nSPS) is 20.1. The number of ether oxygens (including phenoxy) is 4. The number of amides is 1. The Balaban J connectivity index is 1.57. The molecule has 2 saturated heterocycles. The van der Waals surface area contributed by atoms with Gasteiger partial charge in [0.15, 0.2) is 0 Å². The molecule has 1 aromatic carbocycles. The molecule has 0 saturated carbocycles. The molecular formula is C33H44ClFN4O6. The lowest BCUT2D eigenvalue weighted by molar-refractivity contribution is -0.00159. The topological polar surface area (TPSA) is 93.7 Å². The molecule has 10 nitrogen and oxygen atoms in total. The molecule has 0 N–H and O–H groups in total. The van der Waals surface area contributed by atoms with Crippen molar-refractivity contribution in [3.63, 3.8) is 0 Å². The molecule has 0 radical (unpaired) electrons. The standard InChI is InChI=1S/C33H44ClFN4O6/c1-31(2,3)44-29(40)38-16-15-37-18-21-27(42-19-20(37)17-38)25(34)26(36-28(21)39-14-10-13-33(39,7)8)24-22(35)11-9-12-23(24)43-30(41)45-32(4,5)6/h9,11-12,20H,10,13-19H2,1-8H3. The fourth-order valence-electron chi connectivity index (χ4n) is 6.06. The Kier molecular flexibility index (Phi) is 8.91. The number of anilines is 1. The average Bonchev–Trinajstić information content (AvgIpc) is 3.14. The molecule has 4 heterocycles. The van der Waals surface area contributed by atoms with Gasteiger partial charge < -0.3 is 28.7 Å². The Morgan fingerprint density at radius 1 is 1.07 bits per heavy atom. The molecule has 45 heavy (non-hydrogen) atoms. The monoisotopic (exact) mass is 646 g/mol. The van der Waals surface area contributed by atoms with Gasteiger partial charge in [0.1, 0.15) is 51.7 Å². The lowest BCUT2D eigenvalue weighted by atomic mass is 10.0. The summed E-state index contributed by atoms with van der Waals surface area (Å²) in [5.41, 5.74) is -0.777. The van der Waals surface area contributed by atoms with Crippen LogP contribution in [0.1, 0.15) is 73.8 Å². The third-order valence-corrected chi connectivity index (χ3v) is 8.51. The van der Waals surface area contributed by atoms with Gasteiger partial charge in [0.25, 0.3) is 0 Å². The first-order valence-electron chi connectivity index (χ1n) is 15.5.